The van der Waals surface area contributed by atoms with Crippen LogP contribution in [0.2, 0.25) is 0 Å². The van der Waals surface area contributed by atoms with Gasteiger partial charge < -0.3 is 10.2 Å². The Morgan fingerprint density at radius 3 is 2.28 bits per heavy atom. The molecule has 2 aromatic carbocycles. The van der Waals surface area contributed by atoms with Gasteiger partial charge in [-0.25, -0.2) is 8.42 Å². The molecular formula is C21H25N3O4S. The highest BCUT2D eigenvalue weighted by Gasteiger charge is 2.24. The third kappa shape index (κ3) is 4.95. The van der Waals surface area contributed by atoms with Crippen LogP contribution in [0, 0.1) is 0 Å². The van der Waals surface area contributed by atoms with Gasteiger partial charge in [0.15, 0.2) is 0 Å². The maximum absolute atomic E-state index is 12.8. The number of nitrogens with zero attached hydrogens (tertiary/aromatic N) is 1. The summed E-state index contributed by atoms with van der Waals surface area (Å²) in [5.74, 6) is -0.323. The fourth-order valence-electron chi connectivity index (χ4n) is 3.11. The van der Waals surface area contributed by atoms with E-state index >= 15 is 0 Å². The quantitative estimate of drug-likeness (QED) is 0.784. The Balaban J connectivity index is 1.83. The van der Waals surface area contributed by atoms with Crippen LogP contribution in [0.3, 0.4) is 0 Å². The van der Waals surface area contributed by atoms with Crippen molar-refractivity contribution in [2.75, 3.05) is 16.2 Å². The van der Waals surface area contributed by atoms with E-state index < -0.39 is 15.6 Å². The Morgan fingerprint density at radius 2 is 1.69 bits per heavy atom. The summed E-state index contributed by atoms with van der Waals surface area (Å²) < 4.78 is 28.2. The Kier molecular flexibility index (Phi) is 5.66. The molecule has 1 saturated heterocycles. The van der Waals surface area contributed by atoms with Crippen molar-refractivity contribution in [3.05, 3.63) is 54.1 Å². The number of carbonyl (C=O) groups excluding carboxylic acids is 2. The predicted molar refractivity (Wildman–Crippen MR) is 112 cm³/mol. The third-order valence-corrected chi connectivity index (χ3v) is 5.82. The van der Waals surface area contributed by atoms with Gasteiger partial charge in [-0.2, -0.15) is 0 Å². The summed E-state index contributed by atoms with van der Waals surface area (Å²) in [7, 11) is -3.90. The molecule has 1 heterocycles. The number of nitrogens with one attached hydrogen (secondary N) is 2. The van der Waals surface area contributed by atoms with E-state index in [4.69, 9.17) is 0 Å². The predicted octanol–water partition coefficient (Wildman–Crippen LogP) is 3.14. The molecule has 0 aromatic heterocycles. The molecule has 3 rings (SSSR count). The molecule has 2 aromatic rings. The summed E-state index contributed by atoms with van der Waals surface area (Å²) in [6.07, 6.45) is 1.31. The molecule has 8 heteroatoms. The van der Waals surface area contributed by atoms with Gasteiger partial charge in [-0.1, -0.05) is 12.1 Å². The molecule has 0 unspecified atom stereocenters. The Bertz CT molecular complexity index is 1020. The monoisotopic (exact) mass is 415 g/mol. The molecule has 2 amide bonds. The molecule has 0 radical (unpaired) electrons. The molecule has 0 spiro atoms. The van der Waals surface area contributed by atoms with E-state index in [-0.39, 0.29) is 28.0 Å². The maximum atomic E-state index is 12.8. The first-order chi connectivity index (χ1) is 13.6. The van der Waals surface area contributed by atoms with Crippen LogP contribution in [-0.2, 0) is 14.8 Å². The lowest BCUT2D eigenvalue weighted by Gasteiger charge is -2.21. The zero-order chi connectivity index (χ0) is 21.2. The van der Waals surface area contributed by atoms with E-state index in [1.54, 1.807) is 41.3 Å². The number of benzene rings is 2. The van der Waals surface area contributed by atoms with Crippen LogP contribution in [0.15, 0.2) is 53.4 Å². The van der Waals surface area contributed by atoms with Gasteiger partial charge in [0.25, 0.3) is 15.9 Å². The van der Waals surface area contributed by atoms with Crippen molar-refractivity contribution in [2.45, 2.75) is 44.0 Å². The van der Waals surface area contributed by atoms with Crippen molar-refractivity contribution >= 4 is 33.2 Å². The number of hydrogen-bond donors (Lipinski definition) is 2. The van der Waals surface area contributed by atoms with E-state index in [0.29, 0.717) is 18.7 Å². The van der Waals surface area contributed by atoms with E-state index in [2.05, 4.69) is 10.0 Å². The van der Waals surface area contributed by atoms with Gasteiger partial charge in [0.05, 0.1) is 16.1 Å². The number of para-hydroxylation sites is 1. The van der Waals surface area contributed by atoms with E-state index in [9.17, 15) is 18.0 Å². The minimum atomic E-state index is -3.90. The molecule has 29 heavy (non-hydrogen) atoms. The Hall–Kier alpha value is -2.87. The summed E-state index contributed by atoms with van der Waals surface area (Å²) in [5, 5.41) is 2.83. The number of rotatable bonds is 5. The molecule has 1 aliphatic heterocycles. The van der Waals surface area contributed by atoms with Crippen molar-refractivity contribution in [1.82, 2.24) is 5.32 Å². The van der Waals surface area contributed by atoms with Gasteiger partial charge in [-0.05, 0) is 63.6 Å². The van der Waals surface area contributed by atoms with Gasteiger partial charge in [-0.3, -0.25) is 14.3 Å². The second-order valence-corrected chi connectivity index (χ2v) is 9.68. The maximum Gasteiger partial charge on any atom is 0.261 e. The second kappa shape index (κ2) is 7.87. The lowest BCUT2D eigenvalue weighted by molar-refractivity contribution is -0.117. The lowest BCUT2D eigenvalue weighted by Crippen LogP contribution is -2.40. The number of carbonyl (C=O) groups is 2. The molecule has 0 atom stereocenters. The van der Waals surface area contributed by atoms with Crippen molar-refractivity contribution in [1.29, 1.82) is 0 Å². The molecule has 0 saturated carbocycles. The first kappa shape index (κ1) is 20.9. The van der Waals surface area contributed by atoms with Gasteiger partial charge >= 0.3 is 0 Å². The molecule has 1 fully saturated rings. The first-order valence-electron chi connectivity index (χ1n) is 9.42. The van der Waals surface area contributed by atoms with Crippen LogP contribution in [0.4, 0.5) is 11.4 Å². The zero-order valence-corrected chi connectivity index (χ0v) is 17.5. The number of amides is 2. The topological polar surface area (TPSA) is 95.6 Å². The fraction of sp³-hybridized carbons (Fsp3) is 0.333. The number of hydrogen-bond acceptors (Lipinski definition) is 4. The average Bonchev–Trinajstić information content (AvgIpc) is 3.06. The van der Waals surface area contributed by atoms with Gasteiger partial charge in [-0.15, -0.1) is 0 Å². The van der Waals surface area contributed by atoms with Crippen molar-refractivity contribution < 1.29 is 18.0 Å². The third-order valence-electron chi connectivity index (χ3n) is 4.44. The largest absolute Gasteiger partial charge is 0.347 e. The summed E-state index contributed by atoms with van der Waals surface area (Å²) in [6, 6.07) is 12.6. The van der Waals surface area contributed by atoms with Crippen molar-refractivity contribution in [2.24, 2.45) is 0 Å². The minimum absolute atomic E-state index is 0.0394. The van der Waals surface area contributed by atoms with Crippen LogP contribution in [0.25, 0.3) is 0 Å². The standard InChI is InChI=1S/C21H25N3O4S/c1-21(2,3)22-20(26)17-7-4-5-8-18(17)23-29(27,28)16-12-10-15(11-13-16)24-14-6-9-19(24)25/h4-5,7-8,10-13,23H,6,9,14H2,1-3H3,(H,22,26). The minimum Gasteiger partial charge on any atom is -0.347 e. The Morgan fingerprint density at radius 1 is 1.03 bits per heavy atom. The van der Waals surface area contributed by atoms with E-state index in [0.717, 1.165) is 6.42 Å². The van der Waals surface area contributed by atoms with Gasteiger partial charge in [0, 0.05) is 24.2 Å². The number of sulfonamides is 1. The molecule has 2 N–H and O–H groups in total. The van der Waals surface area contributed by atoms with E-state index in [1.807, 2.05) is 20.8 Å². The van der Waals surface area contributed by atoms with Gasteiger partial charge in [0.2, 0.25) is 5.91 Å². The summed E-state index contributed by atoms with van der Waals surface area (Å²) in [4.78, 5) is 26.1. The number of anilines is 2. The van der Waals surface area contributed by atoms with Crippen LogP contribution in [-0.4, -0.2) is 32.3 Å². The highest BCUT2D eigenvalue weighted by molar-refractivity contribution is 7.92. The lowest BCUT2D eigenvalue weighted by atomic mass is 10.1. The van der Waals surface area contributed by atoms with E-state index in [1.165, 1.54) is 12.1 Å². The zero-order valence-electron chi connectivity index (χ0n) is 16.7. The highest BCUT2D eigenvalue weighted by atomic mass is 32.2. The Labute approximate surface area is 171 Å². The normalized spacial score (nSPS) is 14.7. The first-order valence-corrected chi connectivity index (χ1v) is 10.9. The smallest absolute Gasteiger partial charge is 0.261 e. The molecular weight excluding hydrogens is 390 g/mol. The molecule has 0 bridgehead atoms. The summed E-state index contributed by atoms with van der Waals surface area (Å²) >= 11 is 0. The molecule has 1 aliphatic rings. The second-order valence-electron chi connectivity index (χ2n) is 8.00. The van der Waals surface area contributed by atoms with Gasteiger partial charge in [0.1, 0.15) is 0 Å². The molecule has 0 aliphatic carbocycles. The van der Waals surface area contributed by atoms with Crippen molar-refractivity contribution in [3.63, 3.8) is 0 Å². The summed E-state index contributed by atoms with van der Waals surface area (Å²) in [6.45, 7) is 6.19. The summed E-state index contributed by atoms with van der Waals surface area (Å²) in [5.41, 5.74) is 0.668. The van der Waals surface area contributed by atoms with Crippen LogP contribution in [0.1, 0.15) is 44.0 Å². The van der Waals surface area contributed by atoms with Crippen LogP contribution < -0.4 is 14.9 Å². The fourth-order valence-corrected chi connectivity index (χ4v) is 4.19. The molecule has 7 nitrogen and oxygen atoms in total. The average molecular weight is 416 g/mol. The SMILES string of the molecule is CC(C)(C)NC(=O)c1ccccc1NS(=O)(=O)c1ccc(N2CCCC2=O)cc1. The van der Waals surface area contributed by atoms with Crippen molar-refractivity contribution in [3.8, 4) is 0 Å². The highest BCUT2D eigenvalue weighted by Crippen LogP contribution is 2.25. The van der Waals surface area contributed by atoms with Crippen LogP contribution in [0.5, 0.6) is 0 Å². The van der Waals surface area contributed by atoms with Crippen LogP contribution >= 0.6 is 0 Å². The molecule has 154 valence electrons.